The van der Waals surface area contributed by atoms with Gasteiger partial charge in [-0.25, -0.2) is 4.98 Å². The standard InChI is InChI=1S/C22H24F3N5O.HI/c1-26-21(28-12-17-5-7-20(8-6-17)31-15-22(23,24)25)29-13-18-3-2-4-19(11-18)14-30-10-9-27-16-30;/h2-11,16H,12-15H2,1H3,(H2,26,28,29);1H. The van der Waals surface area contributed by atoms with Crippen LogP contribution in [0.15, 0.2) is 72.2 Å². The van der Waals surface area contributed by atoms with Gasteiger partial charge in [0.1, 0.15) is 5.75 Å². The maximum Gasteiger partial charge on any atom is 0.422 e. The summed E-state index contributed by atoms with van der Waals surface area (Å²) < 4.78 is 43.4. The van der Waals surface area contributed by atoms with Gasteiger partial charge in [-0.2, -0.15) is 13.2 Å². The fourth-order valence-electron chi connectivity index (χ4n) is 2.89. The first kappa shape index (κ1) is 25.5. The number of guanidine groups is 1. The van der Waals surface area contributed by atoms with Crippen molar-refractivity contribution in [3.63, 3.8) is 0 Å². The van der Waals surface area contributed by atoms with Crippen LogP contribution in [0.2, 0.25) is 0 Å². The number of rotatable bonds is 8. The van der Waals surface area contributed by atoms with Crippen molar-refractivity contribution in [1.29, 1.82) is 0 Å². The Bertz CT molecular complexity index is 976. The molecule has 0 unspecified atom stereocenters. The summed E-state index contributed by atoms with van der Waals surface area (Å²) in [6, 6.07) is 14.7. The summed E-state index contributed by atoms with van der Waals surface area (Å²) in [6.45, 7) is 0.524. The first-order valence-electron chi connectivity index (χ1n) is 9.68. The van der Waals surface area contributed by atoms with Crippen LogP contribution in [-0.2, 0) is 19.6 Å². The van der Waals surface area contributed by atoms with Crippen molar-refractivity contribution < 1.29 is 17.9 Å². The Morgan fingerprint density at radius 2 is 1.72 bits per heavy atom. The summed E-state index contributed by atoms with van der Waals surface area (Å²) >= 11 is 0. The van der Waals surface area contributed by atoms with Crippen LogP contribution in [0.5, 0.6) is 5.75 Å². The average molecular weight is 559 g/mol. The Kier molecular flexibility index (Phi) is 9.82. The predicted molar refractivity (Wildman–Crippen MR) is 128 cm³/mol. The number of aliphatic imine (C=N–C) groups is 1. The molecule has 0 bridgehead atoms. The first-order valence-corrected chi connectivity index (χ1v) is 9.68. The molecule has 3 rings (SSSR count). The lowest BCUT2D eigenvalue weighted by molar-refractivity contribution is -0.153. The maximum absolute atomic E-state index is 12.2. The molecule has 1 heterocycles. The topological polar surface area (TPSA) is 63.5 Å². The molecule has 0 aliphatic heterocycles. The Balaban J connectivity index is 0.00000363. The minimum absolute atomic E-state index is 0. The molecule has 2 aromatic carbocycles. The second-order valence-corrected chi connectivity index (χ2v) is 6.88. The fraction of sp³-hybridized carbons (Fsp3) is 0.273. The lowest BCUT2D eigenvalue weighted by Crippen LogP contribution is -2.36. The van der Waals surface area contributed by atoms with Crippen LogP contribution in [0.4, 0.5) is 13.2 Å². The highest BCUT2D eigenvalue weighted by Crippen LogP contribution is 2.18. The summed E-state index contributed by atoms with van der Waals surface area (Å²) in [7, 11) is 1.68. The summed E-state index contributed by atoms with van der Waals surface area (Å²) in [5, 5.41) is 6.45. The number of benzene rings is 2. The number of nitrogens with zero attached hydrogens (tertiary/aromatic N) is 3. The average Bonchev–Trinajstić information content (AvgIpc) is 3.26. The lowest BCUT2D eigenvalue weighted by Gasteiger charge is -2.13. The third kappa shape index (κ3) is 8.77. The van der Waals surface area contributed by atoms with E-state index in [-0.39, 0.29) is 29.7 Å². The van der Waals surface area contributed by atoms with Gasteiger partial charge in [0, 0.05) is 39.1 Å². The number of halogens is 4. The van der Waals surface area contributed by atoms with Gasteiger partial charge in [-0.3, -0.25) is 4.99 Å². The van der Waals surface area contributed by atoms with Gasteiger partial charge in [0.15, 0.2) is 12.6 Å². The predicted octanol–water partition coefficient (Wildman–Crippen LogP) is 4.36. The third-order valence-electron chi connectivity index (χ3n) is 4.39. The van der Waals surface area contributed by atoms with Crippen molar-refractivity contribution in [3.05, 3.63) is 83.9 Å². The van der Waals surface area contributed by atoms with E-state index in [1.54, 1.807) is 31.7 Å². The quantitative estimate of drug-likeness (QED) is 0.245. The van der Waals surface area contributed by atoms with E-state index in [9.17, 15) is 13.2 Å². The van der Waals surface area contributed by atoms with Crippen molar-refractivity contribution in [2.24, 2.45) is 4.99 Å². The zero-order valence-electron chi connectivity index (χ0n) is 17.5. The number of aromatic nitrogens is 2. The van der Waals surface area contributed by atoms with Crippen LogP contribution >= 0.6 is 24.0 Å². The van der Waals surface area contributed by atoms with Gasteiger partial charge in [-0.15, -0.1) is 24.0 Å². The second kappa shape index (κ2) is 12.3. The molecular weight excluding hydrogens is 534 g/mol. The van der Waals surface area contributed by atoms with E-state index in [1.807, 2.05) is 22.9 Å². The second-order valence-electron chi connectivity index (χ2n) is 6.88. The zero-order valence-corrected chi connectivity index (χ0v) is 19.8. The van der Waals surface area contributed by atoms with Crippen molar-refractivity contribution in [2.45, 2.75) is 25.8 Å². The molecule has 32 heavy (non-hydrogen) atoms. The number of hydrogen-bond acceptors (Lipinski definition) is 3. The molecular formula is C22H25F3IN5O. The Morgan fingerprint density at radius 1 is 1.03 bits per heavy atom. The monoisotopic (exact) mass is 559 g/mol. The zero-order chi connectivity index (χ0) is 22.1. The summed E-state index contributed by atoms with van der Waals surface area (Å²) in [4.78, 5) is 8.26. The van der Waals surface area contributed by atoms with E-state index < -0.39 is 12.8 Å². The molecule has 0 spiro atoms. The van der Waals surface area contributed by atoms with E-state index in [4.69, 9.17) is 4.74 Å². The lowest BCUT2D eigenvalue weighted by atomic mass is 10.1. The Hall–Kier alpha value is -2.76. The number of nitrogens with one attached hydrogen (secondary N) is 2. The van der Waals surface area contributed by atoms with Crippen molar-refractivity contribution in [2.75, 3.05) is 13.7 Å². The molecule has 6 nitrogen and oxygen atoms in total. The van der Waals surface area contributed by atoms with Gasteiger partial charge in [0.05, 0.1) is 6.33 Å². The molecule has 0 fully saturated rings. The highest BCUT2D eigenvalue weighted by Gasteiger charge is 2.28. The molecule has 0 aliphatic carbocycles. The van der Waals surface area contributed by atoms with Gasteiger partial charge in [0.25, 0.3) is 0 Å². The SMILES string of the molecule is CN=C(NCc1ccc(OCC(F)(F)F)cc1)NCc1cccc(Cn2ccnc2)c1.I. The van der Waals surface area contributed by atoms with Crippen LogP contribution in [0.1, 0.15) is 16.7 Å². The van der Waals surface area contributed by atoms with E-state index in [1.165, 1.54) is 17.7 Å². The van der Waals surface area contributed by atoms with Crippen LogP contribution < -0.4 is 15.4 Å². The molecule has 172 valence electrons. The van der Waals surface area contributed by atoms with Gasteiger partial charge in [-0.1, -0.05) is 36.4 Å². The third-order valence-corrected chi connectivity index (χ3v) is 4.39. The molecule has 0 saturated carbocycles. The minimum atomic E-state index is -4.35. The highest BCUT2D eigenvalue weighted by molar-refractivity contribution is 14.0. The molecule has 2 N–H and O–H groups in total. The summed E-state index contributed by atoms with van der Waals surface area (Å²) in [5.41, 5.74) is 3.18. The van der Waals surface area contributed by atoms with Crippen LogP contribution in [0.25, 0.3) is 0 Å². The van der Waals surface area contributed by atoms with E-state index in [0.717, 1.165) is 17.7 Å². The van der Waals surface area contributed by atoms with E-state index in [2.05, 4.69) is 32.7 Å². The maximum atomic E-state index is 12.2. The number of hydrogen-bond donors (Lipinski definition) is 2. The minimum Gasteiger partial charge on any atom is -0.484 e. The number of alkyl halides is 3. The van der Waals surface area contributed by atoms with Gasteiger partial charge in [0.2, 0.25) is 0 Å². The van der Waals surface area contributed by atoms with Gasteiger partial charge < -0.3 is 19.9 Å². The molecule has 1 aromatic heterocycles. The van der Waals surface area contributed by atoms with Crippen molar-refractivity contribution in [3.8, 4) is 5.75 Å². The summed E-state index contributed by atoms with van der Waals surface area (Å²) in [6.07, 6.45) is 1.11. The van der Waals surface area contributed by atoms with Crippen molar-refractivity contribution in [1.82, 2.24) is 20.2 Å². The molecule has 10 heteroatoms. The normalized spacial score (nSPS) is 11.6. The highest BCUT2D eigenvalue weighted by atomic mass is 127. The van der Waals surface area contributed by atoms with E-state index >= 15 is 0 Å². The van der Waals surface area contributed by atoms with Crippen molar-refractivity contribution >= 4 is 29.9 Å². The molecule has 3 aromatic rings. The summed E-state index contributed by atoms with van der Waals surface area (Å²) in [5.74, 6) is 0.802. The van der Waals surface area contributed by atoms with Crippen LogP contribution in [-0.4, -0.2) is 35.3 Å². The largest absolute Gasteiger partial charge is 0.484 e. The Morgan fingerprint density at radius 3 is 2.34 bits per heavy atom. The van der Waals surface area contributed by atoms with Crippen LogP contribution in [0, 0.1) is 0 Å². The fourth-order valence-corrected chi connectivity index (χ4v) is 2.89. The number of ether oxygens (including phenoxy) is 1. The van der Waals surface area contributed by atoms with E-state index in [0.29, 0.717) is 19.0 Å². The molecule has 0 aliphatic rings. The number of imidazole rings is 1. The Labute approximate surface area is 201 Å². The molecule has 0 atom stereocenters. The molecule has 0 saturated heterocycles. The van der Waals surface area contributed by atoms with Gasteiger partial charge in [-0.05, 0) is 28.8 Å². The molecule has 0 radical (unpaired) electrons. The molecule has 0 amide bonds. The van der Waals surface area contributed by atoms with Crippen LogP contribution in [0.3, 0.4) is 0 Å². The van der Waals surface area contributed by atoms with Gasteiger partial charge >= 0.3 is 6.18 Å². The smallest absolute Gasteiger partial charge is 0.422 e. The first-order chi connectivity index (χ1) is 14.9.